The normalized spacial score (nSPS) is 10.4. The minimum absolute atomic E-state index is 0.0619. The molecule has 0 radical (unpaired) electrons. The molecule has 2 aromatic rings. The van der Waals surface area contributed by atoms with Crippen molar-refractivity contribution in [1.82, 2.24) is 0 Å². The lowest BCUT2D eigenvalue weighted by Gasteiger charge is -1.92. The van der Waals surface area contributed by atoms with Gasteiger partial charge in [-0.2, -0.15) is 0 Å². The third kappa shape index (κ3) is 1.37. The van der Waals surface area contributed by atoms with Crippen LogP contribution in [0, 0.1) is 13.8 Å². The van der Waals surface area contributed by atoms with Gasteiger partial charge in [-0.3, -0.25) is 4.79 Å². The van der Waals surface area contributed by atoms with Gasteiger partial charge in [0.2, 0.25) is 0 Å². The molecule has 0 saturated heterocycles. The van der Waals surface area contributed by atoms with Crippen molar-refractivity contribution >= 4 is 5.78 Å². The summed E-state index contributed by atoms with van der Waals surface area (Å²) in [5, 5.41) is 0. The number of furan rings is 2. The van der Waals surface area contributed by atoms with Crippen LogP contribution in [0.1, 0.15) is 27.4 Å². The predicted molar refractivity (Wildman–Crippen MR) is 50.3 cm³/mol. The molecule has 0 N–H and O–H groups in total. The van der Waals surface area contributed by atoms with Crippen LogP contribution in [0.3, 0.4) is 0 Å². The topological polar surface area (TPSA) is 43.4 Å². The zero-order valence-electron chi connectivity index (χ0n) is 8.03. The lowest BCUT2D eigenvalue weighted by molar-refractivity contribution is 0.103. The Morgan fingerprint density at radius 3 is 2.64 bits per heavy atom. The fourth-order valence-electron chi connectivity index (χ4n) is 1.41. The second-order valence-electron chi connectivity index (χ2n) is 3.17. The molecule has 2 rings (SSSR count). The van der Waals surface area contributed by atoms with Gasteiger partial charge in [-0.25, -0.2) is 0 Å². The third-order valence-corrected chi connectivity index (χ3v) is 2.07. The first-order valence-electron chi connectivity index (χ1n) is 4.32. The summed E-state index contributed by atoms with van der Waals surface area (Å²) in [5.41, 5.74) is 1.15. The van der Waals surface area contributed by atoms with Crippen molar-refractivity contribution in [3.8, 4) is 0 Å². The van der Waals surface area contributed by atoms with Gasteiger partial charge in [0.15, 0.2) is 5.78 Å². The van der Waals surface area contributed by atoms with Crippen LogP contribution < -0.4 is 0 Å². The van der Waals surface area contributed by atoms with Gasteiger partial charge in [0.1, 0.15) is 17.8 Å². The predicted octanol–water partition coefficient (Wildman–Crippen LogP) is 2.72. The van der Waals surface area contributed by atoms with Crippen LogP contribution in [0.5, 0.6) is 0 Å². The van der Waals surface area contributed by atoms with E-state index < -0.39 is 0 Å². The van der Waals surface area contributed by atoms with E-state index in [0.717, 1.165) is 5.76 Å². The molecule has 3 heteroatoms. The zero-order chi connectivity index (χ0) is 10.1. The molecule has 3 nitrogen and oxygen atoms in total. The highest BCUT2D eigenvalue weighted by Gasteiger charge is 2.15. The Kier molecular flexibility index (Phi) is 2.00. The van der Waals surface area contributed by atoms with E-state index in [0.29, 0.717) is 16.9 Å². The van der Waals surface area contributed by atoms with Crippen molar-refractivity contribution in [3.63, 3.8) is 0 Å². The summed E-state index contributed by atoms with van der Waals surface area (Å²) in [4.78, 5) is 11.8. The molecule has 2 aromatic heterocycles. The quantitative estimate of drug-likeness (QED) is 0.684. The standard InChI is InChI=1S/C11H10O3/c1-7-5-10(8(2)14-7)11(12)9-3-4-13-6-9/h3-6H,1-2H3. The van der Waals surface area contributed by atoms with Crippen LogP contribution in [-0.2, 0) is 0 Å². The maximum Gasteiger partial charge on any atom is 0.199 e. The molecule has 0 saturated carbocycles. The van der Waals surface area contributed by atoms with Gasteiger partial charge in [0.05, 0.1) is 17.4 Å². The van der Waals surface area contributed by atoms with Crippen molar-refractivity contribution in [1.29, 1.82) is 0 Å². The molecular weight excluding hydrogens is 180 g/mol. The summed E-state index contributed by atoms with van der Waals surface area (Å²) in [6, 6.07) is 3.38. The summed E-state index contributed by atoms with van der Waals surface area (Å²) in [7, 11) is 0. The first-order chi connectivity index (χ1) is 6.68. The minimum atomic E-state index is -0.0619. The summed E-state index contributed by atoms with van der Waals surface area (Å²) in [6.07, 6.45) is 2.92. The number of hydrogen-bond donors (Lipinski definition) is 0. The van der Waals surface area contributed by atoms with Gasteiger partial charge in [-0.15, -0.1) is 0 Å². The highest BCUT2D eigenvalue weighted by atomic mass is 16.3. The largest absolute Gasteiger partial charge is 0.472 e. The highest BCUT2D eigenvalue weighted by molar-refractivity contribution is 6.09. The molecule has 14 heavy (non-hydrogen) atoms. The molecule has 0 aliphatic carbocycles. The Bertz CT molecular complexity index is 449. The van der Waals surface area contributed by atoms with Gasteiger partial charge in [-0.1, -0.05) is 0 Å². The van der Waals surface area contributed by atoms with E-state index in [1.165, 1.54) is 12.5 Å². The minimum Gasteiger partial charge on any atom is -0.472 e. The van der Waals surface area contributed by atoms with Gasteiger partial charge < -0.3 is 8.83 Å². The van der Waals surface area contributed by atoms with Crippen LogP contribution in [0.15, 0.2) is 33.5 Å². The van der Waals surface area contributed by atoms with Gasteiger partial charge >= 0.3 is 0 Å². The van der Waals surface area contributed by atoms with Crippen LogP contribution in [0.4, 0.5) is 0 Å². The fraction of sp³-hybridized carbons (Fsp3) is 0.182. The molecule has 0 bridgehead atoms. The molecule has 0 aromatic carbocycles. The average molecular weight is 190 g/mol. The van der Waals surface area contributed by atoms with Crippen molar-refractivity contribution in [2.45, 2.75) is 13.8 Å². The maximum atomic E-state index is 11.8. The van der Waals surface area contributed by atoms with Crippen molar-refractivity contribution < 1.29 is 13.6 Å². The second kappa shape index (κ2) is 3.18. The summed E-state index contributed by atoms with van der Waals surface area (Å²) in [5.74, 6) is 1.33. The van der Waals surface area contributed by atoms with E-state index in [4.69, 9.17) is 8.83 Å². The lowest BCUT2D eigenvalue weighted by atomic mass is 10.1. The van der Waals surface area contributed by atoms with E-state index in [1.807, 2.05) is 6.92 Å². The molecule has 0 fully saturated rings. The molecular formula is C11H10O3. The SMILES string of the molecule is Cc1cc(C(=O)c2ccoc2)c(C)o1. The van der Waals surface area contributed by atoms with Crippen LogP contribution in [-0.4, -0.2) is 5.78 Å². The Balaban J connectivity index is 2.41. The summed E-state index contributed by atoms with van der Waals surface area (Å²) in [6.45, 7) is 3.60. The molecule has 0 aliphatic heterocycles. The molecule has 0 amide bonds. The van der Waals surface area contributed by atoms with Crippen molar-refractivity contribution in [2.75, 3.05) is 0 Å². The fourth-order valence-corrected chi connectivity index (χ4v) is 1.41. The van der Waals surface area contributed by atoms with Crippen LogP contribution in [0.2, 0.25) is 0 Å². The van der Waals surface area contributed by atoms with Crippen LogP contribution in [0.25, 0.3) is 0 Å². The number of hydrogen-bond acceptors (Lipinski definition) is 3. The van der Waals surface area contributed by atoms with Crippen molar-refractivity contribution in [2.24, 2.45) is 0 Å². The Morgan fingerprint density at radius 2 is 2.14 bits per heavy atom. The average Bonchev–Trinajstić information content (AvgIpc) is 2.73. The molecule has 2 heterocycles. The van der Waals surface area contributed by atoms with Gasteiger partial charge in [0, 0.05) is 0 Å². The first-order valence-corrected chi connectivity index (χ1v) is 4.32. The van der Waals surface area contributed by atoms with E-state index in [-0.39, 0.29) is 5.78 Å². The molecule has 72 valence electrons. The Hall–Kier alpha value is -1.77. The van der Waals surface area contributed by atoms with E-state index >= 15 is 0 Å². The van der Waals surface area contributed by atoms with Crippen molar-refractivity contribution in [3.05, 3.63) is 47.3 Å². The third-order valence-electron chi connectivity index (χ3n) is 2.07. The Morgan fingerprint density at radius 1 is 1.36 bits per heavy atom. The monoisotopic (exact) mass is 190 g/mol. The summed E-state index contributed by atoms with van der Waals surface area (Å²) < 4.78 is 10.1. The van der Waals surface area contributed by atoms with E-state index in [1.54, 1.807) is 19.1 Å². The Labute approximate surface area is 81.3 Å². The lowest BCUT2D eigenvalue weighted by Crippen LogP contribution is -1.99. The number of ketones is 1. The number of rotatable bonds is 2. The van der Waals surface area contributed by atoms with Gasteiger partial charge in [-0.05, 0) is 26.0 Å². The second-order valence-corrected chi connectivity index (χ2v) is 3.17. The molecule has 0 atom stereocenters. The number of carbonyl (C=O) groups is 1. The molecule has 0 aliphatic rings. The van der Waals surface area contributed by atoms with Gasteiger partial charge in [0.25, 0.3) is 0 Å². The molecule has 0 spiro atoms. The maximum absolute atomic E-state index is 11.8. The number of carbonyl (C=O) groups excluding carboxylic acids is 1. The highest BCUT2D eigenvalue weighted by Crippen LogP contribution is 2.18. The van der Waals surface area contributed by atoms with E-state index in [9.17, 15) is 4.79 Å². The first kappa shape index (κ1) is 8.81. The molecule has 0 unspecified atom stereocenters. The summed E-state index contributed by atoms with van der Waals surface area (Å²) >= 11 is 0. The smallest absolute Gasteiger partial charge is 0.199 e. The van der Waals surface area contributed by atoms with Crippen LogP contribution >= 0.6 is 0 Å². The zero-order valence-corrected chi connectivity index (χ0v) is 8.03. The van der Waals surface area contributed by atoms with E-state index in [2.05, 4.69) is 0 Å². The number of aryl methyl sites for hydroxylation is 2.